The van der Waals surface area contributed by atoms with Gasteiger partial charge in [-0.15, -0.1) is 11.8 Å². The van der Waals surface area contributed by atoms with Crippen LogP contribution in [0.4, 0.5) is 0 Å². The minimum atomic E-state index is 0.167. The lowest BCUT2D eigenvalue weighted by atomic mass is 9.69. The van der Waals surface area contributed by atoms with Gasteiger partial charge in [0.05, 0.1) is 10.5 Å². The van der Waals surface area contributed by atoms with Gasteiger partial charge in [0, 0.05) is 11.8 Å². The zero-order valence-electron chi connectivity index (χ0n) is 11.3. The lowest BCUT2D eigenvalue weighted by molar-refractivity contribution is -0.128. The molecule has 19 heavy (non-hydrogen) atoms. The van der Waals surface area contributed by atoms with Crippen LogP contribution in [0.5, 0.6) is 0 Å². The average Bonchev–Trinajstić information content (AvgIpc) is 2.47. The SMILES string of the molecule is O=C1C2CCC(CC2)C1SC1C(=O)C2CCC1CC2. The van der Waals surface area contributed by atoms with Gasteiger partial charge in [0.15, 0.2) is 0 Å². The minimum Gasteiger partial charge on any atom is -0.298 e. The average molecular weight is 278 g/mol. The maximum Gasteiger partial charge on any atom is 0.149 e. The molecule has 2 atom stereocenters. The van der Waals surface area contributed by atoms with Crippen LogP contribution in [0.15, 0.2) is 0 Å². The molecular weight excluding hydrogens is 256 g/mol. The van der Waals surface area contributed by atoms with Crippen LogP contribution >= 0.6 is 11.8 Å². The second kappa shape index (κ2) is 4.61. The van der Waals surface area contributed by atoms with Crippen molar-refractivity contribution in [1.82, 2.24) is 0 Å². The van der Waals surface area contributed by atoms with E-state index in [2.05, 4.69) is 0 Å². The molecule has 0 radical (unpaired) electrons. The van der Waals surface area contributed by atoms with Gasteiger partial charge in [-0.05, 0) is 63.2 Å². The largest absolute Gasteiger partial charge is 0.298 e. The summed E-state index contributed by atoms with van der Waals surface area (Å²) in [5.74, 6) is 2.80. The van der Waals surface area contributed by atoms with Gasteiger partial charge in [-0.25, -0.2) is 0 Å². The predicted molar refractivity (Wildman–Crippen MR) is 76.1 cm³/mol. The first-order valence-corrected chi connectivity index (χ1v) is 8.91. The molecule has 2 unspecified atom stereocenters. The van der Waals surface area contributed by atoms with E-state index in [9.17, 15) is 9.59 Å². The topological polar surface area (TPSA) is 34.1 Å². The molecule has 0 aliphatic heterocycles. The third kappa shape index (κ3) is 1.91. The molecule has 0 N–H and O–H groups in total. The fraction of sp³-hybridized carbons (Fsp3) is 0.875. The first kappa shape index (κ1) is 12.4. The molecule has 6 saturated carbocycles. The van der Waals surface area contributed by atoms with Gasteiger partial charge in [-0.1, -0.05) is 0 Å². The molecule has 3 heteroatoms. The second-order valence-corrected chi connectivity index (χ2v) is 8.29. The van der Waals surface area contributed by atoms with Crippen LogP contribution in [-0.4, -0.2) is 22.1 Å². The van der Waals surface area contributed by atoms with Crippen LogP contribution in [0.2, 0.25) is 0 Å². The van der Waals surface area contributed by atoms with Crippen molar-refractivity contribution in [1.29, 1.82) is 0 Å². The lowest BCUT2D eigenvalue weighted by Crippen LogP contribution is -2.48. The Labute approximate surface area is 119 Å². The first-order chi connectivity index (χ1) is 9.24. The van der Waals surface area contributed by atoms with E-state index in [0.717, 1.165) is 25.7 Å². The number of hydrogen-bond acceptors (Lipinski definition) is 3. The zero-order chi connectivity index (χ0) is 13.0. The van der Waals surface area contributed by atoms with E-state index in [-0.39, 0.29) is 10.5 Å². The van der Waals surface area contributed by atoms with Crippen molar-refractivity contribution in [2.75, 3.05) is 0 Å². The van der Waals surface area contributed by atoms with Gasteiger partial charge < -0.3 is 0 Å². The molecule has 6 aliphatic carbocycles. The highest BCUT2D eigenvalue weighted by atomic mass is 32.2. The lowest BCUT2D eigenvalue weighted by Gasteiger charge is -2.46. The van der Waals surface area contributed by atoms with Crippen LogP contribution in [0, 0.1) is 23.7 Å². The van der Waals surface area contributed by atoms with Crippen molar-refractivity contribution >= 4 is 23.3 Å². The molecule has 2 nitrogen and oxygen atoms in total. The number of thioether (sulfide) groups is 1. The number of carbonyl (C=O) groups is 2. The highest BCUT2D eigenvalue weighted by Crippen LogP contribution is 2.50. The summed E-state index contributed by atoms with van der Waals surface area (Å²) < 4.78 is 0. The summed E-state index contributed by atoms with van der Waals surface area (Å²) in [5, 5.41) is 0.335. The predicted octanol–water partition coefficient (Wildman–Crippen LogP) is 3.24. The molecule has 6 rings (SSSR count). The van der Waals surface area contributed by atoms with E-state index in [1.807, 2.05) is 0 Å². The summed E-state index contributed by atoms with van der Waals surface area (Å²) in [4.78, 5) is 24.9. The Kier molecular flexibility index (Phi) is 3.02. The third-order valence-corrected chi connectivity index (χ3v) is 7.88. The van der Waals surface area contributed by atoms with Crippen molar-refractivity contribution < 1.29 is 9.59 Å². The molecule has 0 spiro atoms. The smallest absolute Gasteiger partial charge is 0.149 e. The van der Waals surface area contributed by atoms with Crippen molar-refractivity contribution in [2.45, 2.75) is 61.9 Å². The summed E-state index contributed by atoms with van der Waals surface area (Å²) in [7, 11) is 0. The highest BCUT2D eigenvalue weighted by molar-refractivity contribution is 8.02. The monoisotopic (exact) mass is 278 g/mol. The molecule has 0 aromatic rings. The van der Waals surface area contributed by atoms with Crippen LogP contribution in [0.3, 0.4) is 0 Å². The molecule has 0 amide bonds. The fourth-order valence-electron chi connectivity index (χ4n) is 4.86. The summed E-state index contributed by atoms with van der Waals surface area (Å²) in [6.45, 7) is 0. The van der Waals surface area contributed by atoms with Crippen molar-refractivity contribution in [3.05, 3.63) is 0 Å². The molecule has 104 valence electrons. The quantitative estimate of drug-likeness (QED) is 0.777. The highest BCUT2D eigenvalue weighted by Gasteiger charge is 2.49. The number of Topliss-reactive ketones (excluding diaryl/α,β-unsaturated/α-hetero) is 2. The normalized spacial score (nSPS) is 48.8. The summed E-state index contributed by atoms with van der Waals surface area (Å²) in [6, 6.07) is 0. The second-order valence-electron chi connectivity index (χ2n) is 7.01. The zero-order valence-corrected chi connectivity index (χ0v) is 12.2. The molecule has 0 aromatic carbocycles. The molecule has 0 aromatic heterocycles. The number of fused-ring (bicyclic) bond motifs is 6. The van der Waals surface area contributed by atoms with E-state index < -0.39 is 0 Å². The Balaban J connectivity index is 1.52. The standard InChI is InChI=1S/C16H22O2S/c17-13-9-1-5-11(6-2-9)15(13)19-16-12-7-3-10(4-8-12)14(16)18/h9-12,15-16H,1-8H2. The summed E-state index contributed by atoms with van der Waals surface area (Å²) >= 11 is 1.78. The van der Waals surface area contributed by atoms with Crippen molar-refractivity contribution in [2.24, 2.45) is 23.7 Å². The van der Waals surface area contributed by atoms with Gasteiger partial charge in [0.25, 0.3) is 0 Å². The Morgan fingerprint density at radius 1 is 0.632 bits per heavy atom. The van der Waals surface area contributed by atoms with Crippen LogP contribution in [-0.2, 0) is 9.59 Å². The molecule has 0 saturated heterocycles. The molecule has 4 bridgehead atoms. The maximum atomic E-state index is 12.4. The Bertz CT molecular complexity index is 365. The van der Waals surface area contributed by atoms with Gasteiger partial charge in [-0.2, -0.15) is 0 Å². The number of ketones is 2. The fourth-order valence-corrected chi connectivity index (χ4v) is 6.81. The van der Waals surface area contributed by atoms with Crippen LogP contribution in [0.1, 0.15) is 51.4 Å². The van der Waals surface area contributed by atoms with Crippen molar-refractivity contribution in [3.63, 3.8) is 0 Å². The summed E-state index contributed by atoms with van der Waals surface area (Å²) in [5.41, 5.74) is 0. The third-order valence-electron chi connectivity index (χ3n) is 6.06. The van der Waals surface area contributed by atoms with Gasteiger partial charge >= 0.3 is 0 Å². The van der Waals surface area contributed by atoms with E-state index in [1.54, 1.807) is 11.8 Å². The van der Waals surface area contributed by atoms with Crippen molar-refractivity contribution in [3.8, 4) is 0 Å². The molecular formula is C16H22O2S. The van der Waals surface area contributed by atoms with Crippen LogP contribution in [0.25, 0.3) is 0 Å². The maximum absolute atomic E-state index is 12.4. The molecule has 6 fully saturated rings. The molecule has 0 heterocycles. The van der Waals surface area contributed by atoms with E-state index in [1.165, 1.54) is 25.7 Å². The minimum absolute atomic E-state index is 0.167. The van der Waals surface area contributed by atoms with Gasteiger partial charge in [-0.3, -0.25) is 9.59 Å². The Morgan fingerprint density at radius 3 is 1.32 bits per heavy atom. The Hall–Kier alpha value is -0.310. The number of hydrogen-bond donors (Lipinski definition) is 0. The number of rotatable bonds is 2. The Morgan fingerprint density at radius 2 is 1.00 bits per heavy atom. The first-order valence-electron chi connectivity index (χ1n) is 7.97. The van der Waals surface area contributed by atoms with E-state index >= 15 is 0 Å². The molecule has 6 aliphatic rings. The number of carbonyl (C=O) groups excluding carboxylic acids is 2. The van der Waals surface area contributed by atoms with E-state index in [0.29, 0.717) is 35.2 Å². The van der Waals surface area contributed by atoms with Gasteiger partial charge in [0.2, 0.25) is 0 Å². The van der Waals surface area contributed by atoms with E-state index in [4.69, 9.17) is 0 Å². The van der Waals surface area contributed by atoms with Gasteiger partial charge in [0.1, 0.15) is 11.6 Å². The van der Waals surface area contributed by atoms with Crippen LogP contribution < -0.4 is 0 Å². The summed E-state index contributed by atoms with van der Waals surface area (Å²) in [6.07, 6.45) is 9.37.